The number of benzene rings is 1. The van der Waals surface area contributed by atoms with Crippen LogP contribution in [0.4, 0.5) is 27.6 Å². The minimum Gasteiger partial charge on any atom is -0.333 e. The minimum absolute atomic E-state index is 0.114. The van der Waals surface area contributed by atoms with Crippen molar-refractivity contribution in [3.8, 4) is 0 Å². The van der Waals surface area contributed by atoms with Crippen LogP contribution < -0.4 is 4.90 Å². The lowest BCUT2D eigenvalue weighted by Crippen LogP contribution is -2.52. The third-order valence-electron chi connectivity index (χ3n) is 8.72. The molecule has 4 aliphatic carbocycles. The van der Waals surface area contributed by atoms with Gasteiger partial charge in [-0.1, -0.05) is 5.16 Å². The van der Waals surface area contributed by atoms with Crippen LogP contribution in [0.3, 0.4) is 0 Å². The summed E-state index contributed by atoms with van der Waals surface area (Å²) < 4.78 is 73.9. The van der Waals surface area contributed by atoms with Gasteiger partial charge in [0.05, 0.1) is 4.47 Å². The fourth-order valence-corrected chi connectivity index (χ4v) is 6.61. The number of hydrogen-bond acceptors (Lipinski definition) is 4. The number of amides is 1. The fraction of sp³-hybridized carbons (Fsp3) is 0.654. The molecule has 5 nitrogen and oxygen atoms in total. The summed E-state index contributed by atoms with van der Waals surface area (Å²) >= 11 is 3.20. The van der Waals surface area contributed by atoms with E-state index in [4.69, 9.17) is 4.52 Å². The number of carbonyl (C=O) groups excluding carboxylic acids is 1. The van der Waals surface area contributed by atoms with Gasteiger partial charge >= 0.3 is 5.92 Å². The summed E-state index contributed by atoms with van der Waals surface area (Å²) in [5.41, 5.74) is -0.129. The van der Waals surface area contributed by atoms with Gasteiger partial charge in [0.2, 0.25) is 11.8 Å². The van der Waals surface area contributed by atoms with Gasteiger partial charge in [-0.15, -0.1) is 0 Å². The summed E-state index contributed by atoms with van der Waals surface area (Å²) in [7, 11) is 0. The van der Waals surface area contributed by atoms with E-state index in [2.05, 4.69) is 26.1 Å². The molecule has 4 saturated carbocycles. The SMILES string of the molecule is CC(F)(F)c1nc(C23CCC(CN(C(=O)C4CCC(F)(F)CC4)c4ccc(F)c(Br)c4)(CC2)CC3)no1. The van der Waals surface area contributed by atoms with Gasteiger partial charge in [0.25, 0.3) is 5.89 Å². The molecular weight excluding hydrogens is 561 g/mol. The molecule has 2 bridgehead atoms. The van der Waals surface area contributed by atoms with Crippen LogP contribution in [0.5, 0.6) is 0 Å². The van der Waals surface area contributed by atoms with E-state index in [0.29, 0.717) is 37.3 Å². The molecule has 4 aliphatic rings. The molecule has 1 heterocycles. The van der Waals surface area contributed by atoms with Gasteiger partial charge in [0.15, 0.2) is 5.82 Å². The summed E-state index contributed by atoms with van der Waals surface area (Å²) in [5.74, 6) is -7.50. The summed E-state index contributed by atoms with van der Waals surface area (Å²) in [5, 5.41) is 3.89. The van der Waals surface area contributed by atoms with Gasteiger partial charge in [0, 0.05) is 43.3 Å². The van der Waals surface area contributed by atoms with Gasteiger partial charge in [-0.05, 0) is 90.9 Å². The van der Waals surface area contributed by atoms with Crippen LogP contribution in [0.25, 0.3) is 0 Å². The molecule has 202 valence electrons. The highest BCUT2D eigenvalue weighted by Crippen LogP contribution is 2.58. The number of anilines is 1. The Bertz CT molecular complexity index is 1150. The molecule has 0 radical (unpaired) electrons. The molecule has 4 fully saturated rings. The first-order valence-electron chi connectivity index (χ1n) is 12.7. The summed E-state index contributed by atoms with van der Waals surface area (Å²) in [6.07, 6.45) is 3.80. The number of rotatable bonds is 6. The van der Waals surface area contributed by atoms with E-state index >= 15 is 0 Å². The molecule has 11 heteroatoms. The molecule has 1 aromatic carbocycles. The van der Waals surface area contributed by atoms with E-state index in [1.54, 1.807) is 17.0 Å². The number of nitrogens with zero attached hydrogens (tertiary/aromatic N) is 3. The predicted molar refractivity (Wildman–Crippen MR) is 129 cm³/mol. The summed E-state index contributed by atoms with van der Waals surface area (Å²) in [6, 6.07) is 4.40. The lowest BCUT2D eigenvalue weighted by Gasteiger charge is -2.53. The van der Waals surface area contributed by atoms with E-state index in [9.17, 15) is 26.7 Å². The van der Waals surface area contributed by atoms with Gasteiger partial charge < -0.3 is 9.42 Å². The van der Waals surface area contributed by atoms with E-state index in [1.165, 1.54) is 6.07 Å². The Morgan fingerprint density at radius 2 is 1.73 bits per heavy atom. The Kier molecular flexibility index (Phi) is 6.68. The molecule has 37 heavy (non-hydrogen) atoms. The third kappa shape index (κ3) is 5.16. The molecule has 0 saturated heterocycles. The highest BCUT2D eigenvalue weighted by atomic mass is 79.9. The van der Waals surface area contributed by atoms with Gasteiger partial charge in [-0.2, -0.15) is 13.8 Å². The lowest BCUT2D eigenvalue weighted by atomic mass is 9.53. The molecule has 0 N–H and O–H groups in total. The van der Waals surface area contributed by atoms with Crippen molar-refractivity contribution in [1.29, 1.82) is 0 Å². The Morgan fingerprint density at radius 1 is 1.11 bits per heavy atom. The first kappa shape index (κ1) is 26.6. The quantitative estimate of drug-likeness (QED) is 0.327. The minimum atomic E-state index is -3.21. The molecular formula is C26H29BrF5N3O2. The Balaban J connectivity index is 1.36. The van der Waals surface area contributed by atoms with Crippen LogP contribution >= 0.6 is 15.9 Å². The zero-order valence-corrected chi connectivity index (χ0v) is 22.1. The molecule has 1 aromatic heterocycles. The molecule has 2 aromatic rings. The summed E-state index contributed by atoms with van der Waals surface area (Å²) in [6.45, 7) is 1.11. The van der Waals surface area contributed by atoms with Crippen molar-refractivity contribution >= 4 is 27.5 Å². The fourth-order valence-electron chi connectivity index (χ4n) is 6.25. The first-order chi connectivity index (χ1) is 17.3. The summed E-state index contributed by atoms with van der Waals surface area (Å²) in [4.78, 5) is 19.4. The molecule has 6 rings (SSSR count). The predicted octanol–water partition coefficient (Wildman–Crippen LogP) is 7.53. The van der Waals surface area contributed by atoms with Crippen molar-refractivity contribution in [2.24, 2.45) is 11.3 Å². The topological polar surface area (TPSA) is 59.2 Å². The number of halogens is 6. The maximum Gasteiger partial charge on any atom is 0.322 e. The molecule has 0 atom stereocenters. The Morgan fingerprint density at radius 3 is 2.27 bits per heavy atom. The van der Waals surface area contributed by atoms with Crippen molar-refractivity contribution in [3.05, 3.63) is 40.2 Å². The van der Waals surface area contributed by atoms with E-state index in [1.807, 2.05) is 0 Å². The second-order valence-electron chi connectivity index (χ2n) is 11.2. The molecule has 1 amide bonds. The average Bonchev–Trinajstić information content (AvgIpc) is 3.37. The van der Waals surface area contributed by atoms with Crippen LogP contribution in [0.2, 0.25) is 0 Å². The van der Waals surface area contributed by atoms with Crippen molar-refractivity contribution in [2.75, 3.05) is 11.4 Å². The number of carbonyl (C=O) groups is 1. The Labute approximate surface area is 220 Å². The lowest BCUT2D eigenvalue weighted by molar-refractivity contribution is -0.127. The highest BCUT2D eigenvalue weighted by Gasteiger charge is 2.53. The number of aromatic nitrogens is 2. The monoisotopic (exact) mass is 589 g/mol. The first-order valence-corrected chi connectivity index (χ1v) is 13.5. The van der Waals surface area contributed by atoms with E-state index in [-0.39, 0.29) is 41.5 Å². The number of alkyl halides is 4. The second kappa shape index (κ2) is 9.31. The van der Waals surface area contributed by atoms with Crippen molar-refractivity contribution in [1.82, 2.24) is 10.1 Å². The van der Waals surface area contributed by atoms with Crippen LogP contribution in [0, 0.1) is 17.2 Å². The Hall–Kier alpha value is -2.04. The normalized spacial score (nSPS) is 27.9. The molecule has 0 unspecified atom stereocenters. The average molecular weight is 590 g/mol. The zero-order valence-electron chi connectivity index (χ0n) is 20.5. The van der Waals surface area contributed by atoms with Crippen molar-refractivity contribution < 1.29 is 31.3 Å². The maximum atomic E-state index is 14.0. The van der Waals surface area contributed by atoms with Gasteiger partial charge in [0.1, 0.15) is 5.82 Å². The maximum absolute atomic E-state index is 14.0. The van der Waals surface area contributed by atoms with Crippen LogP contribution in [0.1, 0.15) is 82.8 Å². The number of hydrogen-bond donors (Lipinski definition) is 0. The van der Waals surface area contributed by atoms with Crippen LogP contribution in [-0.2, 0) is 16.1 Å². The molecule has 0 spiro atoms. The van der Waals surface area contributed by atoms with Crippen molar-refractivity contribution in [3.63, 3.8) is 0 Å². The van der Waals surface area contributed by atoms with E-state index in [0.717, 1.165) is 26.2 Å². The smallest absolute Gasteiger partial charge is 0.322 e. The van der Waals surface area contributed by atoms with Crippen LogP contribution in [-0.4, -0.2) is 28.5 Å². The van der Waals surface area contributed by atoms with Gasteiger partial charge in [-0.3, -0.25) is 4.79 Å². The van der Waals surface area contributed by atoms with E-state index < -0.39 is 34.9 Å². The third-order valence-corrected chi connectivity index (χ3v) is 9.33. The number of fused-ring (bicyclic) bond motifs is 3. The van der Waals surface area contributed by atoms with Crippen molar-refractivity contribution in [2.45, 2.75) is 88.4 Å². The molecule has 0 aliphatic heterocycles. The standard InChI is InChI=1S/C26H29BrF5N3O2/c1-23(29,30)22-33-21(34-37-22)25-11-8-24(9-12-25,10-13-25)15-35(17-2-3-19(28)18(27)14-17)20(36)16-4-6-26(31,32)7-5-16/h2-3,14,16H,4-13,15H2,1H3. The highest BCUT2D eigenvalue weighted by molar-refractivity contribution is 9.10. The van der Waals surface area contributed by atoms with Gasteiger partial charge in [-0.25, -0.2) is 13.2 Å². The second-order valence-corrected chi connectivity index (χ2v) is 12.1. The van der Waals surface area contributed by atoms with Crippen LogP contribution in [0.15, 0.2) is 27.2 Å². The zero-order chi connectivity index (χ0) is 26.6. The largest absolute Gasteiger partial charge is 0.333 e.